The van der Waals surface area contributed by atoms with Gasteiger partial charge in [-0.25, -0.2) is 0 Å². The molecule has 0 bridgehead atoms. The summed E-state index contributed by atoms with van der Waals surface area (Å²) in [7, 11) is 0. The van der Waals surface area contributed by atoms with Crippen molar-refractivity contribution in [3.8, 4) is 0 Å². The minimum atomic E-state index is -0.276. The Morgan fingerprint density at radius 1 is 1.28 bits per heavy atom. The van der Waals surface area contributed by atoms with Gasteiger partial charge >= 0.3 is 0 Å². The monoisotopic (exact) mass is 253 g/mol. The molecule has 0 saturated heterocycles. The zero-order valence-corrected chi connectivity index (χ0v) is 10.9. The molecular formula is C13H23N3O2. The molecule has 1 amide bonds. The molecule has 2 fully saturated rings. The predicted octanol–water partition coefficient (Wildman–Crippen LogP) is 1.45. The Kier molecular flexibility index (Phi) is 4.09. The molecule has 2 aliphatic rings. The van der Waals surface area contributed by atoms with Gasteiger partial charge in [-0.1, -0.05) is 12.1 Å². The van der Waals surface area contributed by atoms with Gasteiger partial charge in [0, 0.05) is 5.92 Å². The van der Waals surface area contributed by atoms with Crippen molar-refractivity contribution in [2.45, 2.75) is 51.5 Å². The van der Waals surface area contributed by atoms with Crippen molar-refractivity contribution in [1.29, 1.82) is 0 Å². The van der Waals surface area contributed by atoms with Crippen molar-refractivity contribution >= 4 is 11.7 Å². The molecule has 0 spiro atoms. The fourth-order valence-corrected chi connectivity index (χ4v) is 2.72. The van der Waals surface area contributed by atoms with E-state index >= 15 is 0 Å². The number of oxime groups is 1. The van der Waals surface area contributed by atoms with E-state index in [1.807, 2.05) is 0 Å². The number of carbonyl (C=O) groups is 1. The van der Waals surface area contributed by atoms with Gasteiger partial charge in [-0.2, -0.15) is 0 Å². The number of rotatable bonds is 4. The molecule has 0 aromatic carbocycles. The molecule has 2 rings (SSSR count). The molecule has 0 aliphatic heterocycles. The predicted molar refractivity (Wildman–Crippen MR) is 69.2 cm³/mol. The summed E-state index contributed by atoms with van der Waals surface area (Å²) in [5, 5.41) is 14.8. The van der Waals surface area contributed by atoms with Crippen LogP contribution in [0.4, 0.5) is 0 Å². The van der Waals surface area contributed by atoms with Crippen molar-refractivity contribution in [3.05, 3.63) is 0 Å². The van der Waals surface area contributed by atoms with Crippen molar-refractivity contribution < 1.29 is 10.0 Å². The van der Waals surface area contributed by atoms with Gasteiger partial charge in [0.15, 0.2) is 5.84 Å². The first-order valence-corrected chi connectivity index (χ1v) is 6.89. The summed E-state index contributed by atoms with van der Waals surface area (Å²) in [5.74, 6) is 1.40. The summed E-state index contributed by atoms with van der Waals surface area (Å²) in [6, 6.07) is -0.276. The molecule has 2 saturated carbocycles. The van der Waals surface area contributed by atoms with Gasteiger partial charge in [-0.3, -0.25) is 4.79 Å². The summed E-state index contributed by atoms with van der Waals surface area (Å²) in [4.78, 5) is 12.2. The number of hydrogen-bond acceptors (Lipinski definition) is 3. The van der Waals surface area contributed by atoms with Crippen LogP contribution in [0.25, 0.3) is 0 Å². The highest BCUT2D eigenvalue weighted by Gasteiger charge is 2.36. The Morgan fingerprint density at radius 2 is 1.89 bits per heavy atom. The van der Waals surface area contributed by atoms with Gasteiger partial charge in [-0.05, 0) is 50.4 Å². The molecule has 0 aromatic heterocycles. The molecule has 102 valence electrons. The first kappa shape index (κ1) is 13.2. The fraction of sp³-hybridized carbons (Fsp3) is 0.846. The zero-order chi connectivity index (χ0) is 13.1. The summed E-state index contributed by atoms with van der Waals surface area (Å²) in [6.45, 7) is 2.23. The number of nitrogens with two attached hydrogens (primary N) is 1. The van der Waals surface area contributed by atoms with Gasteiger partial charge in [-0.15, -0.1) is 0 Å². The van der Waals surface area contributed by atoms with Gasteiger partial charge in [0.05, 0.1) is 6.04 Å². The van der Waals surface area contributed by atoms with Crippen LogP contribution in [0, 0.1) is 17.8 Å². The van der Waals surface area contributed by atoms with Gasteiger partial charge in [0.2, 0.25) is 5.91 Å². The minimum Gasteiger partial charge on any atom is -0.409 e. The fourth-order valence-electron chi connectivity index (χ4n) is 2.72. The molecular weight excluding hydrogens is 230 g/mol. The first-order valence-electron chi connectivity index (χ1n) is 6.89. The van der Waals surface area contributed by atoms with Crippen LogP contribution in [-0.4, -0.2) is 23.0 Å². The molecule has 18 heavy (non-hydrogen) atoms. The van der Waals surface area contributed by atoms with Crippen LogP contribution in [0.15, 0.2) is 5.16 Å². The number of nitrogens with zero attached hydrogens (tertiary/aromatic N) is 1. The molecule has 4 N–H and O–H groups in total. The maximum atomic E-state index is 12.2. The van der Waals surface area contributed by atoms with E-state index in [9.17, 15) is 4.79 Å². The lowest BCUT2D eigenvalue weighted by atomic mass is 9.82. The van der Waals surface area contributed by atoms with Crippen LogP contribution >= 0.6 is 0 Å². The Morgan fingerprint density at radius 3 is 2.39 bits per heavy atom. The SMILES string of the molecule is CC1CCC(C(=O)NC(C(N)=NO)C2CC2)CC1. The van der Waals surface area contributed by atoms with E-state index in [0.29, 0.717) is 5.92 Å². The first-order chi connectivity index (χ1) is 8.61. The average molecular weight is 253 g/mol. The van der Waals surface area contributed by atoms with E-state index in [4.69, 9.17) is 10.9 Å². The van der Waals surface area contributed by atoms with Gasteiger partial charge in [0.1, 0.15) is 0 Å². The standard InChI is InChI=1S/C13H23N3O2/c1-8-2-4-10(5-3-8)13(17)15-11(9-6-7-9)12(14)16-18/h8-11,18H,2-7H2,1H3,(H2,14,16)(H,15,17). The lowest BCUT2D eigenvalue weighted by Gasteiger charge is -2.27. The number of hydrogen-bond donors (Lipinski definition) is 3. The van der Waals surface area contributed by atoms with E-state index in [2.05, 4.69) is 17.4 Å². The number of amides is 1. The number of nitrogens with one attached hydrogen (secondary N) is 1. The second kappa shape index (κ2) is 5.59. The molecule has 5 heteroatoms. The average Bonchev–Trinajstić information content (AvgIpc) is 3.20. The van der Waals surface area contributed by atoms with E-state index in [1.165, 1.54) is 0 Å². The van der Waals surface area contributed by atoms with Crippen molar-refractivity contribution in [3.63, 3.8) is 0 Å². The molecule has 0 radical (unpaired) electrons. The molecule has 1 atom stereocenters. The van der Waals surface area contributed by atoms with Gasteiger partial charge < -0.3 is 16.3 Å². The second-order valence-electron chi connectivity index (χ2n) is 5.81. The highest BCUT2D eigenvalue weighted by Crippen LogP contribution is 2.34. The van der Waals surface area contributed by atoms with E-state index in [1.54, 1.807) is 0 Å². The van der Waals surface area contributed by atoms with Crippen LogP contribution < -0.4 is 11.1 Å². The molecule has 2 aliphatic carbocycles. The molecule has 0 aromatic rings. The Balaban J connectivity index is 1.88. The third kappa shape index (κ3) is 3.15. The van der Waals surface area contributed by atoms with Crippen molar-refractivity contribution in [2.24, 2.45) is 28.6 Å². The maximum Gasteiger partial charge on any atom is 0.223 e. The lowest BCUT2D eigenvalue weighted by Crippen LogP contribution is -2.48. The lowest BCUT2D eigenvalue weighted by molar-refractivity contribution is -0.126. The molecule has 0 heterocycles. The third-order valence-corrected chi connectivity index (χ3v) is 4.21. The second-order valence-corrected chi connectivity index (χ2v) is 5.81. The Labute approximate surface area is 108 Å². The van der Waals surface area contributed by atoms with Crippen LogP contribution in [0.1, 0.15) is 45.4 Å². The normalized spacial score (nSPS) is 30.8. The summed E-state index contributed by atoms with van der Waals surface area (Å²) >= 11 is 0. The van der Waals surface area contributed by atoms with Crippen molar-refractivity contribution in [1.82, 2.24) is 5.32 Å². The summed E-state index contributed by atoms with van der Waals surface area (Å²) < 4.78 is 0. The topological polar surface area (TPSA) is 87.7 Å². The van der Waals surface area contributed by atoms with Crippen LogP contribution in [0.5, 0.6) is 0 Å². The highest BCUT2D eigenvalue weighted by atomic mass is 16.4. The highest BCUT2D eigenvalue weighted by molar-refractivity contribution is 5.91. The third-order valence-electron chi connectivity index (χ3n) is 4.21. The Bertz CT molecular complexity index is 331. The van der Waals surface area contributed by atoms with Crippen LogP contribution in [-0.2, 0) is 4.79 Å². The van der Waals surface area contributed by atoms with E-state index in [-0.39, 0.29) is 23.7 Å². The van der Waals surface area contributed by atoms with Crippen molar-refractivity contribution in [2.75, 3.05) is 0 Å². The Hall–Kier alpha value is -1.26. The van der Waals surface area contributed by atoms with Crippen LogP contribution in [0.2, 0.25) is 0 Å². The zero-order valence-electron chi connectivity index (χ0n) is 10.9. The number of amidine groups is 1. The van der Waals surface area contributed by atoms with E-state index in [0.717, 1.165) is 44.4 Å². The molecule has 1 unspecified atom stereocenters. The summed E-state index contributed by atoms with van der Waals surface area (Å²) in [6.07, 6.45) is 6.25. The summed E-state index contributed by atoms with van der Waals surface area (Å²) in [5.41, 5.74) is 5.64. The van der Waals surface area contributed by atoms with Gasteiger partial charge in [0.25, 0.3) is 0 Å². The maximum absolute atomic E-state index is 12.2. The van der Waals surface area contributed by atoms with E-state index < -0.39 is 0 Å². The largest absolute Gasteiger partial charge is 0.409 e. The number of carbonyl (C=O) groups excluding carboxylic acids is 1. The molecule has 5 nitrogen and oxygen atoms in total. The smallest absolute Gasteiger partial charge is 0.223 e. The quantitative estimate of drug-likeness (QED) is 0.307. The van der Waals surface area contributed by atoms with Crippen LogP contribution in [0.3, 0.4) is 0 Å². The minimum absolute atomic E-state index is 0.0744.